The van der Waals surface area contributed by atoms with Gasteiger partial charge in [0, 0.05) is 4.47 Å². The van der Waals surface area contributed by atoms with E-state index in [1.807, 2.05) is 25.1 Å². The Morgan fingerprint density at radius 2 is 1.71 bits per heavy atom. The van der Waals surface area contributed by atoms with Crippen molar-refractivity contribution in [3.63, 3.8) is 0 Å². The van der Waals surface area contributed by atoms with Gasteiger partial charge in [0.05, 0.1) is 11.6 Å². The molecule has 0 radical (unpaired) electrons. The van der Waals surface area contributed by atoms with E-state index in [0.29, 0.717) is 5.56 Å². The number of aryl methyl sites for hydroxylation is 2. The Labute approximate surface area is 134 Å². The molecule has 0 saturated heterocycles. The first-order valence-electron chi connectivity index (χ1n) is 7.15. The molecular formula is C18H20BrNO. The van der Waals surface area contributed by atoms with Crippen molar-refractivity contribution in [3.05, 3.63) is 69.2 Å². The molecule has 2 nitrogen and oxygen atoms in total. The fraction of sp³-hybridized carbons (Fsp3) is 0.278. The third-order valence-corrected chi connectivity index (χ3v) is 4.22. The number of hydrogen-bond acceptors (Lipinski definition) is 1. The molecule has 2 rings (SSSR count). The summed E-state index contributed by atoms with van der Waals surface area (Å²) in [6.45, 7) is 6.15. The second-order valence-electron chi connectivity index (χ2n) is 5.33. The molecule has 1 N–H and O–H groups in total. The maximum absolute atomic E-state index is 12.4. The first-order chi connectivity index (χ1) is 10.0. The second kappa shape index (κ2) is 6.90. The van der Waals surface area contributed by atoms with Crippen molar-refractivity contribution in [2.24, 2.45) is 0 Å². The van der Waals surface area contributed by atoms with E-state index in [9.17, 15) is 4.79 Å². The summed E-state index contributed by atoms with van der Waals surface area (Å²) in [5, 5.41) is 3.11. The van der Waals surface area contributed by atoms with Crippen molar-refractivity contribution < 1.29 is 4.79 Å². The minimum absolute atomic E-state index is 0.0336. The Kier molecular flexibility index (Phi) is 5.18. The summed E-state index contributed by atoms with van der Waals surface area (Å²) in [6.07, 6.45) is 0.859. The van der Waals surface area contributed by atoms with Gasteiger partial charge in [-0.3, -0.25) is 4.79 Å². The Balaban J connectivity index is 2.18. The predicted octanol–water partition coefficient (Wildman–Crippen LogP) is 4.95. The number of amides is 1. The van der Waals surface area contributed by atoms with Gasteiger partial charge in [-0.2, -0.15) is 0 Å². The van der Waals surface area contributed by atoms with E-state index in [0.717, 1.165) is 22.0 Å². The number of benzene rings is 2. The largest absolute Gasteiger partial charge is 0.345 e. The SMILES string of the molecule is CCC(NC(=O)c1ccc(C)cc1Br)c1ccc(C)cc1. The monoisotopic (exact) mass is 345 g/mol. The smallest absolute Gasteiger partial charge is 0.252 e. The minimum Gasteiger partial charge on any atom is -0.345 e. The lowest BCUT2D eigenvalue weighted by molar-refractivity contribution is 0.0935. The molecule has 1 atom stereocenters. The predicted molar refractivity (Wildman–Crippen MR) is 90.6 cm³/mol. The van der Waals surface area contributed by atoms with Crippen LogP contribution in [0.2, 0.25) is 0 Å². The Bertz CT molecular complexity index is 634. The maximum atomic E-state index is 12.4. The van der Waals surface area contributed by atoms with Crippen LogP contribution in [-0.4, -0.2) is 5.91 Å². The van der Waals surface area contributed by atoms with Crippen LogP contribution in [0.3, 0.4) is 0 Å². The van der Waals surface area contributed by atoms with E-state index in [4.69, 9.17) is 0 Å². The van der Waals surface area contributed by atoms with Gasteiger partial charge in [-0.05, 0) is 59.5 Å². The molecule has 1 unspecified atom stereocenters. The van der Waals surface area contributed by atoms with Gasteiger partial charge in [-0.25, -0.2) is 0 Å². The number of hydrogen-bond donors (Lipinski definition) is 1. The van der Waals surface area contributed by atoms with Gasteiger partial charge in [0.2, 0.25) is 0 Å². The average molecular weight is 346 g/mol. The zero-order valence-electron chi connectivity index (χ0n) is 12.6. The summed E-state index contributed by atoms with van der Waals surface area (Å²) >= 11 is 3.46. The summed E-state index contributed by atoms with van der Waals surface area (Å²) in [6, 6.07) is 14.1. The molecule has 2 aromatic carbocycles. The van der Waals surface area contributed by atoms with Crippen LogP contribution < -0.4 is 5.32 Å². The minimum atomic E-state index is -0.0469. The van der Waals surface area contributed by atoms with Crippen LogP contribution in [-0.2, 0) is 0 Å². The van der Waals surface area contributed by atoms with Crippen LogP contribution >= 0.6 is 15.9 Å². The molecule has 0 heterocycles. The van der Waals surface area contributed by atoms with Gasteiger partial charge in [0.15, 0.2) is 0 Å². The van der Waals surface area contributed by atoms with Crippen LogP contribution in [0, 0.1) is 13.8 Å². The maximum Gasteiger partial charge on any atom is 0.252 e. The van der Waals surface area contributed by atoms with Crippen molar-refractivity contribution in [1.82, 2.24) is 5.32 Å². The average Bonchev–Trinajstić information content (AvgIpc) is 2.45. The lowest BCUT2D eigenvalue weighted by Crippen LogP contribution is -2.28. The van der Waals surface area contributed by atoms with Gasteiger partial charge in [0.25, 0.3) is 5.91 Å². The quantitative estimate of drug-likeness (QED) is 0.834. The van der Waals surface area contributed by atoms with Crippen LogP contribution in [0.5, 0.6) is 0 Å². The van der Waals surface area contributed by atoms with Crippen LogP contribution in [0.4, 0.5) is 0 Å². The number of carbonyl (C=O) groups is 1. The lowest BCUT2D eigenvalue weighted by Gasteiger charge is -2.18. The highest BCUT2D eigenvalue weighted by Crippen LogP contribution is 2.21. The molecule has 0 saturated carbocycles. The van der Waals surface area contributed by atoms with Gasteiger partial charge >= 0.3 is 0 Å². The zero-order chi connectivity index (χ0) is 15.4. The Hall–Kier alpha value is -1.61. The van der Waals surface area contributed by atoms with E-state index in [2.05, 4.69) is 59.4 Å². The van der Waals surface area contributed by atoms with Gasteiger partial charge in [-0.15, -0.1) is 0 Å². The van der Waals surface area contributed by atoms with Crippen LogP contribution in [0.25, 0.3) is 0 Å². The molecule has 3 heteroatoms. The fourth-order valence-electron chi connectivity index (χ4n) is 2.26. The first-order valence-corrected chi connectivity index (χ1v) is 7.94. The van der Waals surface area contributed by atoms with E-state index >= 15 is 0 Å². The summed E-state index contributed by atoms with van der Waals surface area (Å²) < 4.78 is 0.832. The molecule has 110 valence electrons. The zero-order valence-corrected chi connectivity index (χ0v) is 14.2. The van der Waals surface area contributed by atoms with Crippen molar-refractivity contribution in [3.8, 4) is 0 Å². The van der Waals surface area contributed by atoms with Gasteiger partial charge < -0.3 is 5.32 Å². The number of nitrogens with one attached hydrogen (secondary N) is 1. The number of carbonyl (C=O) groups excluding carboxylic acids is 1. The number of rotatable bonds is 4. The second-order valence-corrected chi connectivity index (χ2v) is 6.18. The van der Waals surface area contributed by atoms with E-state index in [1.54, 1.807) is 0 Å². The summed E-state index contributed by atoms with van der Waals surface area (Å²) in [7, 11) is 0. The van der Waals surface area contributed by atoms with Crippen molar-refractivity contribution >= 4 is 21.8 Å². The molecule has 21 heavy (non-hydrogen) atoms. The van der Waals surface area contributed by atoms with E-state index in [1.165, 1.54) is 5.56 Å². The van der Waals surface area contributed by atoms with Crippen molar-refractivity contribution in [1.29, 1.82) is 0 Å². The molecular weight excluding hydrogens is 326 g/mol. The third-order valence-electron chi connectivity index (χ3n) is 3.56. The highest BCUT2D eigenvalue weighted by molar-refractivity contribution is 9.10. The lowest BCUT2D eigenvalue weighted by atomic mass is 10.0. The summed E-state index contributed by atoms with van der Waals surface area (Å²) in [4.78, 5) is 12.4. The Morgan fingerprint density at radius 1 is 1.10 bits per heavy atom. The molecule has 0 bridgehead atoms. The molecule has 1 amide bonds. The highest BCUT2D eigenvalue weighted by Gasteiger charge is 2.16. The molecule has 0 fully saturated rings. The first kappa shape index (κ1) is 15.8. The van der Waals surface area contributed by atoms with Crippen molar-refractivity contribution in [2.45, 2.75) is 33.2 Å². The molecule has 0 aliphatic rings. The van der Waals surface area contributed by atoms with Gasteiger partial charge in [0.1, 0.15) is 0 Å². The van der Waals surface area contributed by atoms with E-state index in [-0.39, 0.29) is 11.9 Å². The van der Waals surface area contributed by atoms with Crippen LogP contribution in [0.15, 0.2) is 46.9 Å². The molecule has 0 aliphatic carbocycles. The standard InChI is InChI=1S/C18H20BrNO/c1-4-17(14-8-5-12(2)6-9-14)20-18(21)15-10-7-13(3)11-16(15)19/h5-11,17H,4H2,1-3H3,(H,20,21). The molecule has 0 spiro atoms. The topological polar surface area (TPSA) is 29.1 Å². The summed E-state index contributed by atoms with van der Waals surface area (Å²) in [5.74, 6) is -0.0469. The molecule has 0 aromatic heterocycles. The normalized spacial score (nSPS) is 12.0. The van der Waals surface area contributed by atoms with Gasteiger partial charge in [-0.1, -0.05) is 42.8 Å². The van der Waals surface area contributed by atoms with E-state index < -0.39 is 0 Å². The number of halogens is 1. The molecule has 2 aromatic rings. The third kappa shape index (κ3) is 3.94. The van der Waals surface area contributed by atoms with Crippen LogP contribution in [0.1, 0.15) is 46.4 Å². The highest BCUT2D eigenvalue weighted by atomic mass is 79.9. The summed E-state index contributed by atoms with van der Waals surface area (Å²) in [5.41, 5.74) is 4.16. The Morgan fingerprint density at radius 3 is 2.29 bits per heavy atom. The molecule has 0 aliphatic heterocycles. The van der Waals surface area contributed by atoms with Crippen molar-refractivity contribution in [2.75, 3.05) is 0 Å². The fourth-order valence-corrected chi connectivity index (χ4v) is 2.93.